The van der Waals surface area contributed by atoms with Gasteiger partial charge in [0.2, 0.25) is 0 Å². The first-order valence-electron chi connectivity index (χ1n) is 3.21. The van der Waals surface area contributed by atoms with E-state index in [1.54, 1.807) is 0 Å². The van der Waals surface area contributed by atoms with Gasteiger partial charge in [-0.15, -0.1) is 0 Å². The molecule has 1 aliphatic carbocycles. The van der Waals surface area contributed by atoms with Gasteiger partial charge in [-0.1, -0.05) is 6.08 Å². The van der Waals surface area contributed by atoms with Crippen molar-refractivity contribution in [1.29, 1.82) is 5.26 Å². The van der Waals surface area contributed by atoms with Crippen LogP contribution in [0.25, 0.3) is 0 Å². The molecule has 0 aromatic heterocycles. The number of allylic oxidation sites excluding steroid dienone is 2. The van der Waals surface area contributed by atoms with Gasteiger partial charge in [0.05, 0.1) is 12.5 Å². The third-order valence-electron chi connectivity index (χ3n) is 1.56. The summed E-state index contributed by atoms with van der Waals surface area (Å²) < 4.78 is -1.21. The number of nitro groups is 1. The Morgan fingerprint density at radius 3 is 2.83 bits per heavy atom. The number of hydrogen-bond donors (Lipinski definition) is 0. The minimum Gasteiger partial charge on any atom is -0.263 e. The molecule has 5 heteroatoms. The van der Waals surface area contributed by atoms with Crippen LogP contribution >= 0.6 is 15.9 Å². The highest BCUT2D eigenvalue weighted by molar-refractivity contribution is 9.10. The van der Waals surface area contributed by atoms with E-state index in [0.717, 1.165) is 0 Å². The van der Waals surface area contributed by atoms with Crippen LogP contribution in [0.3, 0.4) is 0 Å². The summed E-state index contributed by atoms with van der Waals surface area (Å²) in [5.74, 6) is 0. The lowest BCUT2D eigenvalue weighted by atomic mass is 10.0. The maximum Gasteiger partial charge on any atom is 0.296 e. The minimum absolute atomic E-state index is 0.208. The molecule has 0 aromatic rings. The highest BCUT2D eigenvalue weighted by Gasteiger charge is 2.37. The summed E-state index contributed by atoms with van der Waals surface area (Å²) in [5, 5.41) is 18.9. The number of halogens is 1. The third kappa shape index (κ3) is 1.53. The second kappa shape index (κ2) is 3.07. The molecule has 0 saturated heterocycles. The van der Waals surface area contributed by atoms with Gasteiger partial charge in [0.1, 0.15) is 0 Å². The van der Waals surface area contributed by atoms with Crippen LogP contribution in [-0.4, -0.2) is 9.37 Å². The van der Waals surface area contributed by atoms with Gasteiger partial charge in [-0.2, -0.15) is 5.26 Å². The summed E-state index contributed by atoms with van der Waals surface area (Å²) in [6, 6.07) is 1.91. The van der Waals surface area contributed by atoms with Crippen molar-refractivity contribution in [3.05, 3.63) is 33.9 Å². The number of rotatable bonds is 1. The van der Waals surface area contributed by atoms with E-state index in [1.165, 1.54) is 18.2 Å². The first-order chi connectivity index (χ1) is 5.58. The second-order valence-corrected chi connectivity index (χ2v) is 3.76. The number of nitriles is 1. The van der Waals surface area contributed by atoms with E-state index in [0.29, 0.717) is 5.57 Å². The smallest absolute Gasteiger partial charge is 0.263 e. The van der Waals surface area contributed by atoms with Crippen LogP contribution in [0.1, 0.15) is 6.42 Å². The van der Waals surface area contributed by atoms with Crippen LogP contribution in [0.15, 0.2) is 23.8 Å². The standard InChI is InChI=1S/C7H5BrN2O2/c8-7(10(11)12)3-1-6(5-9)2-4-7/h1-3H,4H2. The molecule has 0 bridgehead atoms. The van der Waals surface area contributed by atoms with Crippen molar-refractivity contribution in [2.24, 2.45) is 0 Å². The Morgan fingerprint density at radius 1 is 1.83 bits per heavy atom. The summed E-state index contributed by atoms with van der Waals surface area (Å²) in [7, 11) is 0. The van der Waals surface area contributed by atoms with Crippen LogP contribution in [-0.2, 0) is 0 Å². The lowest BCUT2D eigenvalue weighted by Crippen LogP contribution is -2.29. The van der Waals surface area contributed by atoms with Crippen molar-refractivity contribution < 1.29 is 4.92 Å². The van der Waals surface area contributed by atoms with Gasteiger partial charge in [0, 0.05) is 32.5 Å². The largest absolute Gasteiger partial charge is 0.296 e. The molecule has 1 aliphatic rings. The second-order valence-electron chi connectivity index (χ2n) is 2.38. The molecule has 0 saturated carbocycles. The Bertz CT molecular complexity index is 316. The molecule has 0 radical (unpaired) electrons. The fourth-order valence-electron chi connectivity index (χ4n) is 0.825. The van der Waals surface area contributed by atoms with Crippen LogP contribution in [0.2, 0.25) is 0 Å². The van der Waals surface area contributed by atoms with E-state index in [9.17, 15) is 10.1 Å². The molecule has 0 fully saturated rings. The molecule has 1 unspecified atom stereocenters. The van der Waals surface area contributed by atoms with Crippen molar-refractivity contribution in [2.45, 2.75) is 10.9 Å². The van der Waals surface area contributed by atoms with Crippen LogP contribution in [0, 0.1) is 21.4 Å². The highest BCUT2D eigenvalue weighted by atomic mass is 79.9. The molecule has 62 valence electrons. The SMILES string of the molecule is N#CC1=CCC(Br)([N+](=O)[O-])C=C1. The van der Waals surface area contributed by atoms with E-state index >= 15 is 0 Å². The molecule has 0 spiro atoms. The van der Waals surface area contributed by atoms with Gasteiger partial charge in [0.15, 0.2) is 0 Å². The Labute approximate surface area is 77.5 Å². The molecule has 0 amide bonds. The fourth-order valence-corrected chi connectivity index (χ4v) is 1.12. The summed E-state index contributed by atoms with van der Waals surface area (Å²) in [4.78, 5) is 10.0. The van der Waals surface area contributed by atoms with Crippen molar-refractivity contribution in [3.63, 3.8) is 0 Å². The number of nitrogens with zero attached hydrogens (tertiary/aromatic N) is 2. The lowest BCUT2D eigenvalue weighted by molar-refractivity contribution is -0.521. The maximum atomic E-state index is 10.5. The van der Waals surface area contributed by atoms with Gasteiger partial charge >= 0.3 is 0 Å². The summed E-state index contributed by atoms with van der Waals surface area (Å²) in [5.41, 5.74) is 0.465. The van der Waals surface area contributed by atoms with Crippen molar-refractivity contribution in [3.8, 4) is 6.07 Å². The third-order valence-corrected chi connectivity index (χ3v) is 2.44. The average Bonchev–Trinajstić information content (AvgIpc) is 2.06. The number of alkyl halides is 1. The van der Waals surface area contributed by atoms with E-state index in [-0.39, 0.29) is 6.42 Å². The Hall–Kier alpha value is -1.15. The zero-order chi connectivity index (χ0) is 9.19. The molecule has 0 heterocycles. The molecule has 0 aromatic carbocycles. The molecule has 0 N–H and O–H groups in total. The number of hydrogen-bond acceptors (Lipinski definition) is 3. The summed E-state index contributed by atoms with van der Waals surface area (Å²) in [6.45, 7) is 0. The van der Waals surface area contributed by atoms with E-state index in [1.807, 2.05) is 6.07 Å². The molecular weight excluding hydrogens is 224 g/mol. The van der Waals surface area contributed by atoms with E-state index < -0.39 is 9.37 Å². The van der Waals surface area contributed by atoms with Crippen LogP contribution < -0.4 is 0 Å². The van der Waals surface area contributed by atoms with Crippen LogP contribution in [0.4, 0.5) is 0 Å². The molecule has 1 atom stereocenters. The Kier molecular flexibility index (Phi) is 2.29. The van der Waals surface area contributed by atoms with Crippen molar-refractivity contribution in [1.82, 2.24) is 0 Å². The first kappa shape index (κ1) is 8.94. The van der Waals surface area contributed by atoms with Gasteiger partial charge < -0.3 is 0 Å². The van der Waals surface area contributed by atoms with E-state index in [4.69, 9.17) is 5.26 Å². The summed E-state index contributed by atoms with van der Waals surface area (Å²) >= 11 is 2.98. The topological polar surface area (TPSA) is 66.9 Å². The molecule has 12 heavy (non-hydrogen) atoms. The monoisotopic (exact) mass is 228 g/mol. The minimum atomic E-state index is -1.21. The average molecular weight is 229 g/mol. The lowest BCUT2D eigenvalue weighted by Gasteiger charge is -2.15. The Morgan fingerprint density at radius 2 is 2.50 bits per heavy atom. The van der Waals surface area contributed by atoms with Crippen LogP contribution in [0.5, 0.6) is 0 Å². The Balaban J connectivity index is 2.85. The quantitative estimate of drug-likeness (QED) is 0.298. The predicted molar refractivity (Wildman–Crippen MR) is 46.1 cm³/mol. The van der Waals surface area contributed by atoms with E-state index in [2.05, 4.69) is 15.9 Å². The molecular formula is C7H5BrN2O2. The predicted octanol–water partition coefficient (Wildman–Crippen LogP) is 1.76. The fraction of sp³-hybridized carbons (Fsp3) is 0.286. The normalized spacial score (nSPS) is 27.5. The van der Waals surface area contributed by atoms with Gasteiger partial charge in [-0.25, -0.2) is 0 Å². The van der Waals surface area contributed by atoms with Crippen molar-refractivity contribution in [2.75, 3.05) is 0 Å². The maximum absolute atomic E-state index is 10.5. The highest BCUT2D eigenvalue weighted by Crippen LogP contribution is 2.29. The first-order valence-corrected chi connectivity index (χ1v) is 4.01. The summed E-state index contributed by atoms with van der Waals surface area (Å²) in [6.07, 6.45) is 4.57. The zero-order valence-electron chi connectivity index (χ0n) is 6.03. The van der Waals surface area contributed by atoms with Crippen molar-refractivity contribution >= 4 is 15.9 Å². The molecule has 0 aliphatic heterocycles. The van der Waals surface area contributed by atoms with Gasteiger partial charge in [0.25, 0.3) is 4.45 Å². The molecule has 1 rings (SSSR count). The van der Waals surface area contributed by atoms with Gasteiger partial charge in [-0.3, -0.25) is 10.1 Å². The van der Waals surface area contributed by atoms with Gasteiger partial charge in [-0.05, 0) is 6.08 Å². The zero-order valence-corrected chi connectivity index (χ0v) is 7.61. The molecule has 4 nitrogen and oxygen atoms in total.